The summed E-state index contributed by atoms with van der Waals surface area (Å²) in [5.74, 6) is 0.266. The van der Waals surface area contributed by atoms with Crippen molar-refractivity contribution in [2.24, 2.45) is 4.40 Å². The van der Waals surface area contributed by atoms with Crippen molar-refractivity contribution in [3.05, 3.63) is 35.7 Å². The predicted molar refractivity (Wildman–Crippen MR) is 72.5 cm³/mol. The second-order valence-corrected chi connectivity index (χ2v) is 6.15. The first-order valence-corrected chi connectivity index (χ1v) is 7.33. The van der Waals surface area contributed by atoms with Crippen LogP contribution in [0.4, 0.5) is 0 Å². The number of benzene rings is 1. The van der Waals surface area contributed by atoms with E-state index in [9.17, 15) is 5.11 Å². The molecule has 0 spiro atoms. The van der Waals surface area contributed by atoms with E-state index >= 15 is 0 Å². The number of allylic oxidation sites excluding steroid dienone is 1. The smallest absolute Gasteiger partial charge is 0.115 e. The number of aromatic hydroxyl groups is 1. The molecule has 0 fully saturated rings. The van der Waals surface area contributed by atoms with E-state index in [1.165, 1.54) is 0 Å². The van der Waals surface area contributed by atoms with Gasteiger partial charge in [-0.3, -0.25) is 0 Å². The van der Waals surface area contributed by atoms with Crippen LogP contribution in [0.1, 0.15) is 19.8 Å². The van der Waals surface area contributed by atoms with Gasteiger partial charge in [0.1, 0.15) is 5.75 Å². The highest BCUT2D eigenvalue weighted by Crippen LogP contribution is 2.61. The normalized spacial score (nSPS) is 25.9. The number of rotatable bonds is 5. The van der Waals surface area contributed by atoms with E-state index in [-0.39, 0.29) is 5.75 Å². The minimum Gasteiger partial charge on any atom is -0.508 e. The third-order valence-corrected chi connectivity index (χ3v) is 4.94. The summed E-state index contributed by atoms with van der Waals surface area (Å²) < 4.78 is 10.5. The van der Waals surface area contributed by atoms with Crippen LogP contribution >= 0.6 is 10.5 Å². The first kappa shape index (κ1) is 12.2. The Labute approximate surface area is 103 Å². The Hall–Kier alpha value is -1.26. The van der Waals surface area contributed by atoms with Crippen LogP contribution in [0.3, 0.4) is 0 Å². The fourth-order valence-corrected chi connectivity index (χ4v) is 3.61. The van der Waals surface area contributed by atoms with E-state index in [1.54, 1.807) is 18.3 Å². The van der Waals surface area contributed by atoms with Gasteiger partial charge in [-0.1, -0.05) is 13.3 Å². The first-order chi connectivity index (χ1) is 8.27. The van der Waals surface area contributed by atoms with Crippen molar-refractivity contribution >= 4 is 16.7 Å². The zero-order chi connectivity index (χ0) is 12.1. The fourth-order valence-electron chi connectivity index (χ4n) is 1.55. The average Bonchev–Trinajstić information content (AvgIpc) is 2.80. The van der Waals surface area contributed by atoms with Crippen LogP contribution in [0.25, 0.3) is 0 Å². The van der Waals surface area contributed by atoms with Crippen LogP contribution in [-0.4, -0.2) is 17.9 Å². The van der Waals surface area contributed by atoms with Gasteiger partial charge in [-0.25, -0.2) is 4.40 Å². The van der Waals surface area contributed by atoms with Crippen LogP contribution in [-0.2, 0) is 4.18 Å². The Morgan fingerprint density at radius 2 is 2.06 bits per heavy atom. The van der Waals surface area contributed by atoms with Gasteiger partial charge in [0.2, 0.25) is 0 Å². The van der Waals surface area contributed by atoms with Crippen LogP contribution in [0, 0.1) is 0 Å². The first-order valence-electron chi connectivity index (χ1n) is 5.75. The Bertz CT molecular complexity index is 414. The Morgan fingerprint density at radius 1 is 1.29 bits per heavy atom. The summed E-state index contributed by atoms with van der Waals surface area (Å²) in [5.41, 5.74) is 0. The van der Waals surface area contributed by atoms with Crippen molar-refractivity contribution in [1.82, 2.24) is 0 Å². The highest BCUT2D eigenvalue weighted by molar-refractivity contribution is 8.31. The third-order valence-electron chi connectivity index (χ3n) is 2.50. The zero-order valence-corrected chi connectivity index (χ0v) is 10.7. The molecule has 92 valence electrons. The second kappa shape index (κ2) is 5.38. The maximum absolute atomic E-state index is 9.31. The average molecular weight is 251 g/mol. The summed E-state index contributed by atoms with van der Waals surface area (Å²) in [6, 6.07) is 7.11. The SMILES string of the molecule is CCCCOS1(c2ccc(O)cc2)C=CC=N1. The molecule has 1 aromatic rings. The molecule has 0 saturated heterocycles. The van der Waals surface area contributed by atoms with Crippen molar-refractivity contribution < 1.29 is 9.29 Å². The van der Waals surface area contributed by atoms with Crippen molar-refractivity contribution in [2.75, 3.05) is 6.61 Å². The summed E-state index contributed by atoms with van der Waals surface area (Å²) in [7, 11) is -1.65. The van der Waals surface area contributed by atoms with Crippen molar-refractivity contribution in [2.45, 2.75) is 24.7 Å². The van der Waals surface area contributed by atoms with E-state index in [0.717, 1.165) is 17.7 Å². The highest BCUT2D eigenvalue weighted by atomic mass is 32.3. The molecule has 1 N–H and O–H groups in total. The van der Waals surface area contributed by atoms with Gasteiger partial charge in [0.25, 0.3) is 0 Å². The largest absolute Gasteiger partial charge is 0.508 e. The van der Waals surface area contributed by atoms with E-state index in [4.69, 9.17) is 4.18 Å². The zero-order valence-electron chi connectivity index (χ0n) is 9.87. The molecule has 0 aliphatic carbocycles. The lowest BCUT2D eigenvalue weighted by atomic mass is 10.3. The predicted octanol–water partition coefficient (Wildman–Crippen LogP) is 3.80. The molecule has 0 radical (unpaired) electrons. The van der Waals surface area contributed by atoms with E-state index in [2.05, 4.69) is 11.3 Å². The maximum Gasteiger partial charge on any atom is 0.115 e. The molecular formula is C13H17NO2S. The van der Waals surface area contributed by atoms with Gasteiger partial charge in [-0.05, 0) is 36.8 Å². The lowest BCUT2D eigenvalue weighted by molar-refractivity contribution is 0.349. The van der Waals surface area contributed by atoms with E-state index < -0.39 is 10.5 Å². The molecule has 0 saturated carbocycles. The Kier molecular flexibility index (Phi) is 3.86. The summed E-state index contributed by atoms with van der Waals surface area (Å²) in [6.07, 6.45) is 5.86. The molecule has 1 atom stereocenters. The fraction of sp³-hybridized carbons (Fsp3) is 0.308. The Morgan fingerprint density at radius 3 is 2.65 bits per heavy atom. The standard InChI is InChI=1S/C13H17NO2S/c1-2-3-10-16-17(11-4-9-14-17)13-7-5-12(15)6-8-13/h4-9,11,15H,2-3,10H2,1H3. The van der Waals surface area contributed by atoms with Crippen molar-refractivity contribution in [3.8, 4) is 5.75 Å². The molecular weight excluding hydrogens is 234 g/mol. The number of phenols is 1. The van der Waals surface area contributed by atoms with Gasteiger partial charge < -0.3 is 9.29 Å². The van der Waals surface area contributed by atoms with Gasteiger partial charge in [0.05, 0.1) is 6.61 Å². The monoisotopic (exact) mass is 251 g/mol. The quantitative estimate of drug-likeness (QED) is 0.809. The number of hydrogen-bond acceptors (Lipinski definition) is 3. The molecule has 1 heterocycles. The molecule has 0 amide bonds. The van der Waals surface area contributed by atoms with E-state index in [1.807, 2.05) is 23.6 Å². The summed E-state index contributed by atoms with van der Waals surface area (Å²) in [6.45, 7) is 2.86. The molecule has 3 nitrogen and oxygen atoms in total. The minimum absolute atomic E-state index is 0.266. The molecule has 1 aliphatic rings. The van der Waals surface area contributed by atoms with Crippen LogP contribution < -0.4 is 0 Å². The summed E-state index contributed by atoms with van der Waals surface area (Å²) in [5, 5.41) is 11.3. The molecule has 1 unspecified atom stereocenters. The highest BCUT2D eigenvalue weighted by Gasteiger charge is 2.25. The lowest BCUT2D eigenvalue weighted by Gasteiger charge is -2.30. The molecule has 1 aromatic carbocycles. The summed E-state index contributed by atoms with van der Waals surface area (Å²) in [4.78, 5) is 1.02. The van der Waals surface area contributed by atoms with Crippen LogP contribution in [0.2, 0.25) is 0 Å². The van der Waals surface area contributed by atoms with E-state index in [0.29, 0.717) is 6.61 Å². The van der Waals surface area contributed by atoms with Gasteiger partial charge in [-0.15, -0.1) is 0 Å². The second-order valence-electron chi connectivity index (χ2n) is 3.82. The van der Waals surface area contributed by atoms with Gasteiger partial charge in [-0.2, -0.15) is 0 Å². The minimum atomic E-state index is -1.65. The maximum atomic E-state index is 9.31. The summed E-state index contributed by atoms with van der Waals surface area (Å²) >= 11 is 0. The molecule has 17 heavy (non-hydrogen) atoms. The molecule has 4 heteroatoms. The number of nitrogens with zero attached hydrogens (tertiary/aromatic N) is 1. The Balaban J connectivity index is 2.19. The number of unbranched alkanes of at least 4 members (excludes halogenated alkanes) is 1. The number of hydrogen-bond donors (Lipinski definition) is 1. The van der Waals surface area contributed by atoms with Crippen LogP contribution in [0.5, 0.6) is 5.75 Å². The lowest BCUT2D eigenvalue weighted by Crippen LogP contribution is -2.00. The molecule has 2 rings (SSSR count). The van der Waals surface area contributed by atoms with Crippen molar-refractivity contribution in [3.63, 3.8) is 0 Å². The van der Waals surface area contributed by atoms with Gasteiger partial charge in [0, 0.05) is 27.0 Å². The molecule has 0 bridgehead atoms. The van der Waals surface area contributed by atoms with Gasteiger partial charge >= 0.3 is 0 Å². The van der Waals surface area contributed by atoms with Crippen LogP contribution in [0.15, 0.2) is 45.0 Å². The third kappa shape index (κ3) is 2.70. The van der Waals surface area contributed by atoms with Gasteiger partial charge in [0.15, 0.2) is 0 Å². The molecule has 0 aromatic heterocycles. The molecule has 1 aliphatic heterocycles. The number of phenolic OH excluding ortho intramolecular Hbond substituents is 1. The topological polar surface area (TPSA) is 41.8 Å². The van der Waals surface area contributed by atoms with Crippen molar-refractivity contribution in [1.29, 1.82) is 0 Å².